The fourth-order valence-corrected chi connectivity index (χ4v) is 2.74. The van der Waals surface area contributed by atoms with Crippen LogP contribution in [0.2, 0.25) is 0 Å². The summed E-state index contributed by atoms with van der Waals surface area (Å²) in [5, 5.41) is 5.68. The summed E-state index contributed by atoms with van der Waals surface area (Å²) in [5.41, 5.74) is 1.74. The summed E-state index contributed by atoms with van der Waals surface area (Å²) in [6.45, 7) is 3.98. The van der Waals surface area contributed by atoms with Crippen LogP contribution < -0.4 is 10.1 Å². The lowest BCUT2D eigenvalue weighted by molar-refractivity contribution is -0.120. The topological polar surface area (TPSA) is 67.3 Å². The first-order valence-corrected chi connectivity index (χ1v) is 8.81. The maximum atomic E-state index is 11.9. The predicted octanol–water partition coefficient (Wildman–Crippen LogP) is 2.04. The van der Waals surface area contributed by atoms with Crippen molar-refractivity contribution in [2.45, 2.75) is 26.4 Å². The van der Waals surface area contributed by atoms with Crippen molar-refractivity contribution in [2.24, 2.45) is 0 Å². The highest BCUT2D eigenvalue weighted by atomic mass is 32.1. The van der Waals surface area contributed by atoms with Crippen molar-refractivity contribution in [1.29, 1.82) is 0 Å². The number of hydrogen-bond acceptors (Lipinski definition) is 6. The number of rotatable bonds is 9. The highest BCUT2D eigenvalue weighted by molar-refractivity contribution is 7.09. The summed E-state index contributed by atoms with van der Waals surface area (Å²) >= 11 is 1.50. The first kappa shape index (κ1) is 18.4. The minimum absolute atomic E-state index is 0.00857. The Morgan fingerprint density at radius 2 is 2.21 bits per heavy atom. The monoisotopic (exact) mass is 348 g/mol. The minimum Gasteiger partial charge on any atom is -0.485 e. The van der Waals surface area contributed by atoms with Crippen LogP contribution in [0.3, 0.4) is 0 Å². The summed E-state index contributed by atoms with van der Waals surface area (Å²) in [6.07, 6.45) is 2.95. The molecule has 0 unspecified atom stereocenters. The molecule has 0 aliphatic rings. The van der Waals surface area contributed by atoms with E-state index in [0.29, 0.717) is 19.6 Å². The second kappa shape index (κ2) is 9.34. The zero-order chi connectivity index (χ0) is 17.4. The molecular formula is C17H24N4O2S. The van der Waals surface area contributed by atoms with Crippen molar-refractivity contribution >= 4 is 17.2 Å². The Bertz CT molecular complexity index is 640. The average molecular weight is 348 g/mol. The van der Waals surface area contributed by atoms with E-state index in [4.69, 9.17) is 4.74 Å². The SMILES string of the molecule is Cc1ccc(OCc2nc(CC(=O)NCCCN(C)C)cs2)cn1. The molecule has 0 atom stereocenters. The molecule has 0 aliphatic carbocycles. The molecule has 2 aromatic rings. The van der Waals surface area contributed by atoms with Gasteiger partial charge in [0, 0.05) is 17.6 Å². The number of aromatic nitrogens is 2. The third-order valence-electron chi connectivity index (χ3n) is 3.29. The van der Waals surface area contributed by atoms with Gasteiger partial charge in [-0.15, -0.1) is 11.3 Å². The molecule has 0 aromatic carbocycles. The second-order valence-corrected chi connectivity index (χ2v) is 6.78. The molecule has 1 amide bonds. The number of carbonyl (C=O) groups excluding carboxylic acids is 1. The Labute approximate surface area is 146 Å². The van der Waals surface area contributed by atoms with Gasteiger partial charge >= 0.3 is 0 Å². The molecule has 7 heteroatoms. The molecule has 2 rings (SSSR count). The molecule has 130 valence electrons. The van der Waals surface area contributed by atoms with E-state index < -0.39 is 0 Å². The Morgan fingerprint density at radius 1 is 1.38 bits per heavy atom. The summed E-state index contributed by atoms with van der Waals surface area (Å²) in [4.78, 5) is 22.6. The van der Waals surface area contributed by atoms with Crippen LogP contribution in [0.25, 0.3) is 0 Å². The molecular weight excluding hydrogens is 324 g/mol. The van der Waals surface area contributed by atoms with E-state index in [1.807, 2.05) is 38.5 Å². The molecule has 0 fully saturated rings. The predicted molar refractivity (Wildman–Crippen MR) is 95.3 cm³/mol. The lowest BCUT2D eigenvalue weighted by Gasteiger charge is -2.09. The van der Waals surface area contributed by atoms with Gasteiger partial charge in [0.15, 0.2) is 0 Å². The number of pyridine rings is 1. The number of ether oxygens (including phenoxy) is 1. The van der Waals surface area contributed by atoms with Crippen LogP contribution in [0, 0.1) is 6.92 Å². The number of thiazole rings is 1. The zero-order valence-corrected chi connectivity index (χ0v) is 15.2. The lowest BCUT2D eigenvalue weighted by atomic mass is 10.3. The third kappa shape index (κ3) is 6.64. The molecule has 0 bridgehead atoms. The first-order valence-electron chi connectivity index (χ1n) is 7.93. The van der Waals surface area contributed by atoms with Gasteiger partial charge in [-0.25, -0.2) is 4.98 Å². The van der Waals surface area contributed by atoms with Crippen molar-refractivity contribution < 1.29 is 9.53 Å². The first-order chi connectivity index (χ1) is 11.5. The van der Waals surface area contributed by atoms with E-state index >= 15 is 0 Å². The quantitative estimate of drug-likeness (QED) is 0.703. The molecule has 0 spiro atoms. The fraction of sp³-hybridized carbons (Fsp3) is 0.471. The van der Waals surface area contributed by atoms with E-state index in [0.717, 1.165) is 35.1 Å². The third-order valence-corrected chi connectivity index (χ3v) is 4.16. The van der Waals surface area contributed by atoms with Crippen LogP contribution in [0.4, 0.5) is 0 Å². The average Bonchev–Trinajstić information content (AvgIpc) is 2.98. The summed E-state index contributed by atoms with van der Waals surface area (Å²) in [5.74, 6) is 0.727. The van der Waals surface area contributed by atoms with Gasteiger partial charge in [0.1, 0.15) is 17.4 Å². The smallest absolute Gasteiger partial charge is 0.226 e. The van der Waals surface area contributed by atoms with Crippen LogP contribution in [0.5, 0.6) is 5.75 Å². The maximum Gasteiger partial charge on any atom is 0.226 e. The van der Waals surface area contributed by atoms with E-state index in [1.165, 1.54) is 11.3 Å². The van der Waals surface area contributed by atoms with E-state index in [2.05, 4.69) is 20.2 Å². The van der Waals surface area contributed by atoms with Crippen LogP contribution in [0.15, 0.2) is 23.7 Å². The van der Waals surface area contributed by atoms with Gasteiger partial charge in [-0.2, -0.15) is 0 Å². The minimum atomic E-state index is 0.00857. The fourth-order valence-electron chi connectivity index (χ4n) is 2.03. The van der Waals surface area contributed by atoms with Crippen molar-refractivity contribution in [2.75, 3.05) is 27.2 Å². The van der Waals surface area contributed by atoms with Gasteiger partial charge in [0.05, 0.1) is 18.3 Å². The van der Waals surface area contributed by atoms with Gasteiger partial charge < -0.3 is 15.0 Å². The molecule has 0 saturated heterocycles. The maximum absolute atomic E-state index is 11.9. The number of carbonyl (C=O) groups is 1. The van der Waals surface area contributed by atoms with Crippen LogP contribution in [-0.4, -0.2) is 48.0 Å². The Balaban J connectivity index is 1.72. The van der Waals surface area contributed by atoms with Crippen molar-refractivity contribution in [3.63, 3.8) is 0 Å². The van der Waals surface area contributed by atoms with Gasteiger partial charge in [-0.05, 0) is 46.1 Å². The van der Waals surface area contributed by atoms with Crippen LogP contribution in [-0.2, 0) is 17.8 Å². The van der Waals surface area contributed by atoms with Crippen molar-refractivity contribution in [3.05, 3.63) is 40.1 Å². The number of amides is 1. The molecule has 6 nitrogen and oxygen atoms in total. The van der Waals surface area contributed by atoms with Crippen LogP contribution in [0.1, 0.15) is 22.8 Å². The molecule has 0 radical (unpaired) electrons. The Morgan fingerprint density at radius 3 is 2.92 bits per heavy atom. The normalized spacial score (nSPS) is 10.8. The van der Waals surface area contributed by atoms with E-state index in [1.54, 1.807) is 6.20 Å². The van der Waals surface area contributed by atoms with Gasteiger partial charge in [0.25, 0.3) is 0 Å². The zero-order valence-electron chi connectivity index (χ0n) is 14.4. The number of nitrogens with zero attached hydrogens (tertiary/aromatic N) is 3. The molecule has 2 aromatic heterocycles. The largest absolute Gasteiger partial charge is 0.485 e. The van der Waals surface area contributed by atoms with E-state index in [-0.39, 0.29) is 5.91 Å². The molecule has 0 aliphatic heterocycles. The number of nitrogens with one attached hydrogen (secondary N) is 1. The molecule has 24 heavy (non-hydrogen) atoms. The van der Waals surface area contributed by atoms with Crippen LogP contribution >= 0.6 is 11.3 Å². The van der Waals surface area contributed by atoms with Gasteiger partial charge in [0.2, 0.25) is 5.91 Å². The summed E-state index contributed by atoms with van der Waals surface area (Å²) in [7, 11) is 4.04. The lowest BCUT2D eigenvalue weighted by Crippen LogP contribution is -2.28. The Kier molecular flexibility index (Phi) is 7.14. The van der Waals surface area contributed by atoms with Gasteiger partial charge in [-0.3, -0.25) is 9.78 Å². The van der Waals surface area contributed by atoms with E-state index in [9.17, 15) is 4.79 Å². The van der Waals surface area contributed by atoms with Crippen molar-refractivity contribution in [3.8, 4) is 5.75 Å². The molecule has 2 heterocycles. The van der Waals surface area contributed by atoms with Crippen molar-refractivity contribution in [1.82, 2.24) is 20.2 Å². The standard InChI is InChI=1S/C17H24N4O2S/c1-13-5-6-15(10-19-13)23-11-17-20-14(12-24-17)9-16(22)18-7-4-8-21(2)3/h5-6,10,12H,4,7-9,11H2,1-3H3,(H,18,22). The summed E-state index contributed by atoms with van der Waals surface area (Å²) < 4.78 is 5.65. The summed E-state index contributed by atoms with van der Waals surface area (Å²) in [6, 6.07) is 3.79. The second-order valence-electron chi connectivity index (χ2n) is 5.84. The molecule has 1 N–H and O–H groups in total. The Hall–Kier alpha value is -1.99. The highest BCUT2D eigenvalue weighted by Gasteiger charge is 2.08. The highest BCUT2D eigenvalue weighted by Crippen LogP contribution is 2.15. The molecule has 0 saturated carbocycles. The number of aryl methyl sites for hydroxylation is 1. The number of hydrogen-bond donors (Lipinski definition) is 1. The van der Waals surface area contributed by atoms with Gasteiger partial charge in [-0.1, -0.05) is 0 Å².